The number of aromatic nitrogens is 3. The first-order valence-electron chi connectivity index (χ1n) is 9.80. The summed E-state index contributed by atoms with van der Waals surface area (Å²) in [5.74, 6) is -1.97. The van der Waals surface area contributed by atoms with Crippen molar-refractivity contribution in [3.05, 3.63) is 48.2 Å². The van der Waals surface area contributed by atoms with Crippen LogP contribution in [0.25, 0.3) is 22.3 Å². The second kappa shape index (κ2) is 9.67. The summed E-state index contributed by atoms with van der Waals surface area (Å²) in [6, 6.07) is 9.17. The molecule has 0 radical (unpaired) electrons. The predicted molar refractivity (Wildman–Crippen MR) is 111 cm³/mol. The molecule has 0 bridgehead atoms. The van der Waals surface area contributed by atoms with Gasteiger partial charge in [0.2, 0.25) is 0 Å². The second-order valence-corrected chi connectivity index (χ2v) is 7.26. The molecule has 3 aromatic rings. The predicted octanol–water partition coefficient (Wildman–Crippen LogP) is 3.22. The summed E-state index contributed by atoms with van der Waals surface area (Å²) in [6.45, 7) is 1.31. The van der Waals surface area contributed by atoms with E-state index in [9.17, 15) is 27.6 Å². The zero-order valence-corrected chi connectivity index (χ0v) is 17.6. The monoisotopic (exact) mass is 463 g/mol. The Labute approximate surface area is 185 Å². The number of nitrogens with one attached hydrogen (secondary N) is 2. The first-order valence-corrected chi connectivity index (χ1v) is 9.80. The molecule has 3 amide bonds. The second-order valence-electron chi connectivity index (χ2n) is 7.26. The van der Waals surface area contributed by atoms with Gasteiger partial charge in [0.25, 0.3) is 5.91 Å². The van der Waals surface area contributed by atoms with Crippen molar-refractivity contribution in [2.75, 3.05) is 13.2 Å². The Morgan fingerprint density at radius 3 is 2.48 bits per heavy atom. The third-order valence-corrected chi connectivity index (χ3v) is 4.38. The number of ether oxygens (including phenoxy) is 1. The fraction of sp³-hybridized carbons (Fsp3) is 0.286. The van der Waals surface area contributed by atoms with Gasteiger partial charge in [-0.1, -0.05) is 30.3 Å². The number of esters is 1. The summed E-state index contributed by atoms with van der Waals surface area (Å²) in [7, 11) is 0. The number of halogens is 3. The molecule has 0 aliphatic heterocycles. The molecule has 0 unspecified atom stereocenters. The highest BCUT2D eigenvalue weighted by molar-refractivity contribution is 6.04. The third kappa shape index (κ3) is 6.05. The molecule has 12 heteroatoms. The smallest absolute Gasteiger partial charge is 0.405 e. The number of fused-ring (bicyclic) bond motifs is 1. The van der Waals surface area contributed by atoms with Crippen LogP contribution < -0.4 is 10.6 Å². The van der Waals surface area contributed by atoms with E-state index < -0.39 is 37.2 Å². The average Bonchev–Trinajstić information content (AvgIpc) is 3.20. The van der Waals surface area contributed by atoms with Gasteiger partial charge in [-0.15, -0.1) is 0 Å². The molecule has 9 nitrogen and oxygen atoms in total. The number of benzene rings is 1. The maximum Gasteiger partial charge on any atom is 0.405 e. The number of hydrogen-bond donors (Lipinski definition) is 2. The molecule has 174 valence electrons. The number of urea groups is 1. The van der Waals surface area contributed by atoms with Crippen LogP contribution in [0.4, 0.5) is 18.0 Å². The highest BCUT2D eigenvalue weighted by atomic mass is 19.4. The van der Waals surface area contributed by atoms with Gasteiger partial charge in [0.1, 0.15) is 6.54 Å². The topological polar surface area (TPSA) is 115 Å². The molecule has 0 fully saturated rings. The number of carbonyl (C=O) groups excluding carboxylic acids is 3. The van der Waals surface area contributed by atoms with Crippen molar-refractivity contribution >= 4 is 28.9 Å². The minimum Gasteiger partial charge on any atom is -0.452 e. The Balaban J connectivity index is 1.79. The molecule has 2 N–H and O–H groups in total. The van der Waals surface area contributed by atoms with Crippen LogP contribution in [-0.4, -0.2) is 52.0 Å². The first kappa shape index (κ1) is 23.7. The first-order chi connectivity index (χ1) is 15.5. The van der Waals surface area contributed by atoms with E-state index in [1.807, 2.05) is 44.2 Å². The Hall–Kier alpha value is -3.96. The molecule has 33 heavy (non-hydrogen) atoms. The maximum atomic E-state index is 12.8. The highest BCUT2D eigenvalue weighted by Gasteiger charge is 2.28. The number of hydrogen-bond acceptors (Lipinski definition) is 6. The lowest BCUT2D eigenvalue weighted by Gasteiger charge is -2.11. The van der Waals surface area contributed by atoms with Gasteiger partial charge >= 0.3 is 18.2 Å². The van der Waals surface area contributed by atoms with Crippen molar-refractivity contribution in [2.24, 2.45) is 0 Å². The number of amides is 3. The lowest BCUT2D eigenvalue weighted by atomic mass is 10.1. The minimum atomic E-state index is -4.63. The maximum absolute atomic E-state index is 12.8. The molecule has 1 aromatic carbocycles. The van der Waals surface area contributed by atoms with Crippen LogP contribution in [0.5, 0.6) is 0 Å². The summed E-state index contributed by atoms with van der Waals surface area (Å²) >= 11 is 0. The van der Waals surface area contributed by atoms with Crippen LogP contribution in [0.2, 0.25) is 0 Å². The summed E-state index contributed by atoms with van der Waals surface area (Å²) in [6.07, 6.45) is -3.17. The Morgan fingerprint density at radius 2 is 1.85 bits per heavy atom. The molecule has 0 saturated heterocycles. The summed E-state index contributed by atoms with van der Waals surface area (Å²) in [5.41, 5.74) is 1.76. The van der Waals surface area contributed by atoms with Crippen molar-refractivity contribution in [3.8, 4) is 11.3 Å². The molecule has 0 spiro atoms. The summed E-state index contributed by atoms with van der Waals surface area (Å²) in [4.78, 5) is 40.5. The lowest BCUT2D eigenvalue weighted by molar-refractivity contribution is -0.125. The van der Waals surface area contributed by atoms with E-state index >= 15 is 0 Å². The molecule has 3 rings (SSSR count). The number of imide groups is 1. The van der Waals surface area contributed by atoms with Gasteiger partial charge < -0.3 is 10.1 Å². The molecule has 2 aromatic heterocycles. The van der Waals surface area contributed by atoms with E-state index in [0.717, 1.165) is 5.56 Å². The Bertz CT molecular complexity index is 1180. The van der Waals surface area contributed by atoms with Crippen molar-refractivity contribution in [3.63, 3.8) is 0 Å². The zero-order chi connectivity index (χ0) is 24.2. The Kier molecular flexibility index (Phi) is 6.95. The fourth-order valence-corrected chi connectivity index (χ4v) is 2.92. The number of rotatable bonds is 6. The van der Waals surface area contributed by atoms with Gasteiger partial charge in [-0.3, -0.25) is 10.1 Å². The molecule has 0 atom stereocenters. The van der Waals surface area contributed by atoms with E-state index in [0.29, 0.717) is 16.7 Å². The van der Waals surface area contributed by atoms with E-state index in [4.69, 9.17) is 4.74 Å². The van der Waals surface area contributed by atoms with Crippen molar-refractivity contribution < 1.29 is 32.3 Å². The lowest BCUT2D eigenvalue weighted by Crippen LogP contribution is -2.44. The molecular weight excluding hydrogens is 443 g/mol. The SMILES string of the molecule is CC(C)n1ncc2c(C(=O)OCC(=O)NC(=O)NCC(F)(F)F)cc(-c3ccccc3)nc21. The largest absolute Gasteiger partial charge is 0.452 e. The van der Waals surface area contributed by atoms with Crippen LogP contribution in [-0.2, 0) is 9.53 Å². The summed E-state index contributed by atoms with van der Waals surface area (Å²) in [5, 5.41) is 7.81. The van der Waals surface area contributed by atoms with E-state index in [2.05, 4.69) is 10.1 Å². The van der Waals surface area contributed by atoms with Crippen molar-refractivity contribution in [1.29, 1.82) is 0 Å². The standard InChI is InChI=1S/C21H20F3N5O4/c1-12(2)29-18-15(9-26-29)14(8-16(27-18)13-6-4-3-5-7-13)19(31)33-10-17(30)28-20(32)25-11-21(22,23)24/h3-9,12H,10-11H2,1-2H3,(H2,25,28,30,32). The van der Waals surface area contributed by atoms with Crippen molar-refractivity contribution in [2.45, 2.75) is 26.1 Å². The van der Waals surface area contributed by atoms with E-state index in [1.165, 1.54) is 17.6 Å². The van der Waals surface area contributed by atoms with Gasteiger partial charge in [-0.25, -0.2) is 19.3 Å². The van der Waals surface area contributed by atoms with E-state index in [1.54, 1.807) is 10.00 Å². The molecule has 0 aliphatic carbocycles. The summed E-state index contributed by atoms with van der Waals surface area (Å²) < 4.78 is 43.0. The number of pyridine rings is 1. The van der Waals surface area contributed by atoms with Crippen LogP contribution in [0, 0.1) is 0 Å². The number of carbonyl (C=O) groups is 3. The Morgan fingerprint density at radius 1 is 1.15 bits per heavy atom. The number of nitrogens with zero attached hydrogens (tertiary/aromatic N) is 3. The molecular formula is C21H20F3N5O4. The van der Waals surface area contributed by atoms with Crippen LogP contribution in [0.3, 0.4) is 0 Å². The highest BCUT2D eigenvalue weighted by Crippen LogP contribution is 2.26. The fourth-order valence-electron chi connectivity index (χ4n) is 2.92. The molecule has 0 saturated carbocycles. The minimum absolute atomic E-state index is 0.0501. The van der Waals surface area contributed by atoms with Crippen molar-refractivity contribution in [1.82, 2.24) is 25.4 Å². The normalized spacial score (nSPS) is 11.5. The third-order valence-electron chi connectivity index (χ3n) is 4.38. The quantitative estimate of drug-likeness (QED) is 0.543. The van der Waals surface area contributed by atoms with Gasteiger partial charge in [0, 0.05) is 11.6 Å². The van der Waals surface area contributed by atoms with E-state index in [-0.39, 0.29) is 11.6 Å². The van der Waals surface area contributed by atoms with Crippen LogP contribution in [0.1, 0.15) is 30.2 Å². The van der Waals surface area contributed by atoms with Gasteiger partial charge in [-0.2, -0.15) is 18.3 Å². The molecule has 2 heterocycles. The van der Waals surface area contributed by atoms with Gasteiger partial charge in [0.05, 0.1) is 22.8 Å². The number of alkyl halides is 3. The zero-order valence-electron chi connectivity index (χ0n) is 17.6. The van der Waals surface area contributed by atoms with Crippen LogP contribution >= 0.6 is 0 Å². The average molecular weight is 463 g/mol. The van der Waals surface area contributed by atoms with Gasteiger partial charge in [-0.05, 0) is 19.9 Å². The molecule has 0 aliphatic rings. The van der Waals surface area contributed by atoms with Gasteiger partial charge in [0.15, 0.2) is 12.3 Å². The van der Waals surface area contributed by atoms with Crippen LogP contribution in [0.15, 0.2) is 42.6 Å².